The standard InChI is InChI=1S/C25H28N4O2/c1-5-14-30-22-16-19(3)27-25(17-22)24-13-7-10-21(28-24)11-8-15-31-29-20(4)23-12-6-9-18(2)26-23/h5-7,9-10,12-13,16-17H,1,8,11,14-15H2,2-4H3/b29-20+. The maximum absolute atomic E-state index is 5.66. The van der Waals surface area contributed by atoms with Gasteiger partial charge in [0.15, 0.2) is 0 Å². The number of hydrogen-bond donors (Lipinski definition) is 0. The number of aryl methyl sites for hydroxylation is 3. The van der Waals surface area contributed by atoms with E-state index < -0.39 is 0 Å². The highest BCUT2D eigenvalue weighted by Crippen LogP contribution is 2.22. The first kappa shape index (κ1) is 22.2. The Hall–Kier alpha value is -3.54. The molecule has 3 rings (SSSR count). The van der Waals surface area contributed by atoms with E-state index in [9.17, 15) is 0 Å². The van der Waals surface area contributed by atoms with E-state index in [0.717, 1.165) is 58.5 Å². The summed E-state index contributed by atoms with van der Waals surface area (Å²) in [6, 6.07) is 15.6. The smallest absolute Gasteiger partial charge is 0.123 e. The molecule has 31 heavy (non-hydrogen) atoms. The summed E-state index contributed by atoms with van der Waals surface area (Å²) in [5.41, 5.74) is 6.04. The monoisotopic (exact) mass is 416 g/mol. The predicted molar refractivity (Wildman–Crippen MR) is 123 cm³/mol. The number of hydrogen-bond acceptors (Lipinski definition) is 6. The van der Waals surface area contributed by atoms with Crippen molar-refractivity contribution in [1.82, 2.24) is 15.0 Å². The van der Waals surface area contributed by atoms with E-state index >= 15 is 0 Å². The Morgan fingerprint density at radius 1 is 1.00 bits per heavy atom. The van der Waals surface area contributed by atoms with Crippen LogP contribution in [0.25, 0.3) is 11.4 Å². The summed E-state index contributed by atoms with van der Waals surface area (Å²) >= 11 is 0. The van der Waals surface area contributed by atoms with Crippen LogP contribution in [0.3, 0.4) is 0 Å². The Balaban J connectivity index is 1.57. The Kier molecular flexibility index (Phi) is 7.87. The Morgan fingerprint density at radius 2 is 1.84 bits per heavy atom. The van der Waals surface area contributed by atoms with Crippen molar-refractivity contribution in [2.24, 2.45) is 5.16 Å². The van der Waals surface area contributed by atoms with Gasteiger partial charge in [0.1, 0.15) is 24.7 Å². The Bertz CT molecular complexity index is 1060. The third-order valence-electron chi connectivity index (χ3n) is 4.49. The molecule has 0 unspecified atom stereocenters. The zero-order valence-electron chi connectivity index (χ0n) is 18.3. The van der Waals surface area contributed by atoms with Gasteiger partial charge in [0.25, 0.3) is 0 Å². The quantitative estimate of drug-likeness (QED) is 0.199. The lowest BCUT2D eigenvalue weighted by molar-refractivity contribution is 0.141. The second-order valence-electron chi connectivity index (χ2n) is 7.22. The van der Waals surface area contributed by atoms with Crippen molar-refractivity contribution in [3.63, 3.8) is 0 Å². The molecule has 6 nitrogen and oxygen atoms in total. The maximum Gasteiger partial charge on any atom is 0.123 e. The molecule has 0 aliphatic heterocycles. The predicted octanol–water partition coefficient (Wildman–Crippen LogP) is 5.09. The molecular formula is C25H28N4O2. The minimum absolute atomic E-state index is 0.457. The van der Waals surface area contributed by atoms with Crippen molar-refractivity contribution in [3.05, 3.63) is 84.0 Å². The molecule has 0 radical (unpaired) electrons. The van der Waals surface area contributed by atoms with Crippen molar-refractivity contribution in [3.8, 4) is 17.1 Å². The Morgan fingerprint density at radius 3 is 2.65 bits per heavy atom. The SMILES string of the molecule is C=CCOc1cc(C)nc(-c2cccc(CCCO/N=C(\C)c3cccc(C)n3)n2)c1. The van der Waals surface area contributed by atoms with E-state index in [1.165, 1.54) is 0 Å². The molecule has 0 fully saturated rings. The minimum atomic E-state index is 0.457. The summed E-state index contributed by atoms with van der Waals surface area (Å²) in [5, 5.41) is 4.18. The molecule has 0 spiro atoms. The third-order valence-corrected chi connectivity index (χ3v) is 4.49. The normalized spacial score (nSPS) is 11.3. The number of nitrogens with zero attached hydrogens (tertiary/aromatic N) is 4. The highest BCUT2D eigenvalue weighted by Gasteiger charge is 2.07. The molecule has 0 aliphatic carbocycles. The van der Waals surface area contributed by atoms with Crippen LogP contribution in [0.1, 0.15) is 36.1 Å². The van der Waals surface area contributed by atoms with Gasteiger partial charge < -0.3 is 9.57 Å². The van der Waals surface area contributed by atoms with Crippen LogP contribution in [0, 0.1) is 13.8 Å². The second kappa shape index (κ2) is 11.0. The van der Waals surface area contributed by atoms with Gasteiger partial charge >= 0.3 is 0 Å². The highest BCUT2D eigenvalue weighted by atomic mass is 16.6. The molecular weight excluding hydrogens is 388 g/mol. The van der Waals surface area contributed by atoms with Crippen LogP contribution in [-0.4, -0.2) is 33.9 Å². The van der Waals surface area contributed by atoms with Gasteiger partial charge in [-0.05, 0) is 57.9 Å². The van der Waals surface area contributed by atoms with Crippen LogP contribution >= 0.6 is 0 Å². The molecule has 3 aromatic heterocycles. The average Bonchev–Trinajstić information content (AvgIpc) is 2.77. The summed E-state index contributed by atoms with van der Waals surface area (Å²) in [7, 11) is 0. The molecule has 0 amide bonds. The minimum Gasteiger partial charge on any atom is -0.489 e. The van der Waals surface area contributed by atoms with Crippen LogP contribution in [0.15, 0.2) is 66.3 Å². The summed E-state index contributed by atoms with van der Waals surface area (Å²) in [4.78, 5) is 19.3. The molecule has 3 aromatic rings. The largest absolute Gasteiger partial charge is 0.489 e. The van der Waals surface area contributed by atoms with Gasteiger partial charge in [0.2, 0.25) is 0 Å². The van der Waals surface area contributed by atoms with Crippen molar-refractivity contribution in [2.45, 2.75) is 33.6 Å². The van der Waals surface area contributed by atoms with Crippen LogP contribution in [0.2, 0.25) is 0 Å². The van der Waals surface area contributed by atoms with E-state index in [1.807, 2.05) is 69.3 Å². The van der Waals surface area contributed by atoms with E-state index in [1.54, 1.807) is 6.08 Å². The first-order valence-corrected chi connectivity index (χ1v) is 10.3. The first-order chi connectivity index (χ1) is 15.0. The summed E-state index contributed by atoms with van der Waals surface area (Å²) in [6.45, 7) is 10.5. The fourth-order valence-corrected chi connectivity index (χ4v) is 3.02. The average molecular weight is 417 g/mol. The van der Waals surface area contributed by atoms with Crippen molar-refractivity contribution >= 4 is 5.71 Å². The number of rotatable bonds is 10. The van der Waals surface area contributed by atoms with E-state index in [4.69, 9.17) is 14.6 Å². The van der Waals surface area contributed by atoms with E-state index in [-0.39, 0.29) is 0 Å². The van der Waals surface area contributed by atoms with E-state index in [2.05, 4.69) is 21.7 Å². The molecule has 160 valence electrons. The van der Waals surface area contributed by atoms with Gasteiger partial charge in [-0.2, -0.15) is 0 Å². The van der Waals surface area contributed by atoms with Crippen molar-refractivity contribution in [2.75, 3.05) is 13.2 Å². The molecule has 0 aromatic carbocycles. The molecule has 0 N–H and O–H groups in total. The lowest BCUT2D eigenvalue weighted by Gasteiger charge is -2.09. The van der Waals surface area contributed by atoms with Gasteiger partial charge in [-0.3, -0.25) is 15.0 Å². The summed E-state index contributed by atoms with van der Waals surface area (Å²) in [5.74, 6) is 0.763. The van der Waals surface area contributed by atoms with Crippen LogP contribution in [0.4, 0.5) is 0 Å². The lowest BCUT2D eigenvalue weighted by atomic mass is 10.1. The number of oxime groups is 1. The van der Waals surface area contributed by atoms with Crippen molar-refractivity contribution < 1.29 is 9.57 Å². The highest BCUT2D eigenvalue weighted by molar-refractivity contribution is 5.96. The fourth-order valence-electron chi connectivity index (χ4n) is 3.02. The number of pyridine rings is 3. The third kappa shape index (κ3) is 6.74. The topological polar surface area (TPSA) is 69.5 Å². The number of aromatic nitrogens is 3. The van der Waals surface area contributed by atoms with Gasteiger partial charge in [-0.15, -0.1) is 0 Å². The molecule has 0 atom stereocenters. The number of ether oxygens (including phenoxy) is 1. The molecule has 0 saturated carbocycles. The molecule has 3 heterocycles. The van der Waals surface area contributed by atoms with Gasteiger partial charge in [-0.25, -0.2) is 0 Å². The first-order valence-electron chi connectivity index (χ1n) is 10.3. The van der Waals surface area contributed by atoms with E-state index in [0.29, 0.717) is 13.2 Å². The summed E-state index contributed by atoms with van der Waals surface area (Å²) in [6.07, 6.45) is 3.32. The van der Waals surface area contributed by atoms with Crippen LogP contribution in [0.5, 0.6) is 5.75 Å². The maximum atomic E-state index is 5.66. The van der Waals surface area contributed by atoms with Crippen LogP contribution < -0.4 is 4.74 Å². The molecule has 6 heteroatoms. The molecule has 0 bridgehead atoms. The second-order valence-corrected chi connectivity index (χ2v) is 7.22. The molecule has 0 aliphatic rings. The van der Waals surface area contributed by atoms with Crippen molar-refractivity contribution in [1.29, 1.82) is 0 Å². The zero-order chi connectivity index (χ0) is 22.1. The summed E-state index contributed by atoms with van der Waals surface area (Å²) < 4.78 is 5.66. The van der Waals surface area contributed by atoms with Gasteiger partial charge in [0, 0.05) is 29.2 Å². The molecule has 0 saturated heterocycles. The lowest BCUT2D eigenvalue weighted by Crippen LogP contribution is -2.02. The Labute approximate surface area is 183 Å². The van der Waals surface area contributed by atoms with Crippen LogP contribution in [-0.2, 0) is 11.3 Å². The van der Waals surface area contributed by atoms with Gasteiger partial charge in [0.05, 0.1) is 17.1 Å². The fraction of sp³-hybridized carbons (Fsp3) is 0.280. The zero-order valence-corrected chi connectivity index (χ0v) is 18.3. The van der Waals surface area contributed by atoms with Gasteiger partial charge in [-0.1, -0.05) is 29.9 Å².